The van der Waals surface area contributed by atoms with Crippen molar-refractivity contribution in [2.45, 2.75) is 17.9 Å². The molecule has 158 valence electrons. The minimum Gasteiger partial charge on any atom is -0.450 e. The summed E-state index contributed by atoms with van der Waals surface area (Å²) in [6.45, 7) is 0.911. The Morgan fingerprint density at radius 3 is 2.81 bits per heavy atom. The van der Waals surface area contributed by atoms with Crippen LogP contribution < -0.4 is 10.1 Å². The summed E-state index contributed by atoms with van der Waals surface area (Å²) in [6, 6.07) is 12.6. The van der Waals surface area contributed by atoms with Gasteiger partial charge in [0.2, 0.25) is 5.96 Å². The highest BCUT2D eigenvalue weighted by molar-refractivity contribution is 7.90. The lowest BCUT2D eigenvalue weighted by Crippen LogP contribution is -2.42. The summed E-state index contributed by atoms with van der Waals surface area (Å²) >= 11 is 6.14. The Balaban J connectivity index is 1.54. The smallest absolute Gasteiger partial charge is 0.287 e. The van der Waals surface area contributed by atoms with Crippen LogP contribution in [0.1, 0.15) is 11.3 Å². The summed E-state index contributed by atoms with van der Waals surface area (Å²) in [4.78, 5) is 5.96. The molecule has 0 radical (unpaired) electrons. The number of guanidine groups is 1. The van der Waals surface area contributed by atoms with Crippen molar-refractivity contribution < 1.29 is 17.5 Å². The average Bonchev–Trinajstić information content (AvgIpc) is 2.76. The fourth-order valence-electron chi connectivity index (χ4n) is 3.58. The number of sulfonamides is 1. The van der Waals surface area contributed by atoms with Crippen LogP contribution in [-0.2, 0) is 23.0 Å². The predicted octanol–water partition coefficient (Wildman–Crippen LogP) is 4.19. The zero-order valence-electron chi connectivity index (χ0n) is 16.0. The molecule has 3 aromatic rings. The number of aromatic nitrogens is 1. The molecule has 1 aromatic heterocycles. The molecule has 0 bridgehead atoms. The quantitative estimate of drug-likeness (QED) is 0.619. The molecule has 2 aliphatic rings. The molecule has 0 spiro atoms. The van der Waals surface area contributed by atoms with E-state index < -0.39 is 15.8 Å². The van der Waals surface area contributed by atoms with Crippen LogP contribution in [-0.4, -0.2) is 30.8 Å². The van der Waals surface area contributed by atoms with Gasteiger partial charge in [-0.25, -0.2) is 4.39 Å². The van der Waals surface area contributed by atoms with Crippen molar-refractivity contribution in [3.63, 3.8) is 0 Å². The molecule has 10 heteroatoms. The van der Waals surface area contributed by atoms with E-state index in [9.17, 15) is 12.8 Å². The lowest BCUT2D eigenvalue weighted by molar-refractivity contribution is 0.385. The van der Waals surface area contributed by atoms with Crippen molar-refractivity contribution in [3.05, 3.63) is 76.8 Å². The monoisotopic (exact) mass is 458 g/mol. The van der Waals surface area contributed by atoms with Gasteiger partial charge in [-0.1, -0.05) is 29.8 Å². The Labute approximate surface area is 183 Å². The number of fused-ring (bicyclic) bond motifs is 2. The Kier molecular flexibility index (Phi) is 4.79. The van der Waals surface area contributed by atoms with Crippen LogP contribution in [0.2, 0.25) is 5.02 Å². The molecule has 31 heavy (non-hydrogen) atoms. The summed E-state index contributed by atoms with van der Waals surface area (Å²) in [5.41, 5.74) is 1.93. The van der Waals surface area contributed by atoms with Gasteiger partial charge in [-0.3, -0.25) is 4.98 Å². The van der Waals surface area contributed by atoms with Crippen molar-refractivity contribution in [1.82, 2.24) is 9.88 Å². The third-order valence-electron chi connectivity index (χ3n) is 5.12. The second-order valence-corrected chi connectivity index (χ2v) is 9.06. The Hall–Kier alpha value is -3.17. The molecule has 7 nitrogen and oxygen atoms in total. The summed E-state index contributed by atoms with van der Waals surface area (Å²) in [5, 5.41) is 3.23. The number of pyridine rings is 1. The minimum absolute atomic E-state index is 0.0169. The number of nitrogens with one attached hydrogen (secondary N) is 1. The molecule has 0 aliphatic carbocycles. The van der Waals surface area contributed by atoms with E-state index in [1.807, 2.05) is 12.1 Å². The highest BCUT2D eigenvalue weighted by Gasteiger charge is 2.33. The first kappa shape index (κ1) is 19.8. The van der Waals surface area contributed by atoms with Gasteiger partial charge in [-0.05, 0) is 42.3 Å². The van der Waals surface area contributed by atoms with Gasteiger partial charge in [-0.2, -0.15) is 8.42 Å². The molecule has 0 saturated heterocycles. The molecular weight excluding hydrogens is 443 g/mol. The van der Waals surface area contributed by atoms with Gasteiger partial charge in [0.1, 0.15) is 16.3 Å². The molecule has 3 heterocycles. The molecule has 0 fully saturated rings. The number of rotatable bonds is 2. The standard InChI is InChI=1S/C21H16ClFN4O3S/c22-14-5-1-2-6-17(14)30-20-15(23)7-8-18-19(20)25-21(26-31(18,28)29)27-11-9-13-4-3-10-24-16(13)12-27/h1-8,10H,9,11-12H2,(H,25,26). The van der Waals surface area contributed by atoms with Gasteiger partial charge in [0.05, 0.1) is 17.3 Å². The fourth-order valence-corrected chi connectivity index (χ4v) is 4.88. The van der Waals surface area contributed by atoms with E-state index >= 15 is 0 Å². The van der Waals surface area contributed by atoms with Crippen LogP contribution in [0.4, 0.5) is 10.1 Å². The van der Waals surface area contributed by atoms with Crippen LogP contribution in [0.5, 0.6) is 11.5 Å². The summed E-state index contributed by atoms with van der Waals surface area (Å²) in [5.74, 6) is -0.695. The van der Waals surface area contributed by atoms with Crippen molar-refractivity contribution in [3.8, 4) is 11.5 Å². The Bertz CT molecular complexity index is 1330. The summed E-state index contributed by atoms with van der Waals surface area (Å²) in [6.07, 6.45) is 2.37. The van der Waals surface area contributed by atoms with Gasteiger partial charge < -0.3 is 15.0 Å². The van der Waals surface area contributed by atoms with Crippen LogP contribution in [0.3, 0.4) is 0 Å². The molecule has 0 saturated carbocycles. The largest absolute Gasteiger partial charge is 0.450 e. The predicted molar refractivity (Wildman–Crippen MR) is 115 cm³/mol. The Morgan fingerprint density at radius 2 is 1.97 bits per heavy atom. The maximum atomic E-state index is 14.7. The normalized spacial score (nSPS) is 16.6. The first-order valence-electron chi connectivity index (χ1n) is 9.47. The molecule has 1 N–H and O–H groups in total. The molecule has 0 amide bonds. The zero-order chi connectivity index (χ0) is 21.6. The van der Waals surface area contributed by atoms with Crippen molar-refractivity contribution in [1.29, 1.82) is 0 Å². The molecule has 2 aromatic carbocycles. The van der Waals surface area contributed by atoms with Gasteiger partial charge in [0.25, 0.3) is 10.0 Å². The number of hydrogen-bond donors (Lipinski definition) is 1. The second kappa shape index (κ2) is 7.51. The highest BCUT2D eigenvalue weighted by atomic mass is 35.5. The first-order chi connectivity index (χ1) is 14.9. The number of para-hydroxylation sites is 1. The molecule has 5 rings (SSSR count). The highest BCUT2D eigenvalue weighted by Crippen LogP contribution is 2.41. The van der Waals surface area contributed by atoms with E-state index in [4.69, 9.17) is 16.3 Å². The van der Waals surface area contributed by atoms with Crippen molar-refractivity contribution >= 4 is 33.3 Å². The third kappa shape index (κ3) is 3.60. The number of hydrogen-bond acceptors (Lipinski definition) is 6. The minimum atomic E-state index is -4.08. The van der Waals surface area contributed by atoms with E-state index in [0.29, 0.717) is 19.5 Å². The number of anilines is 1. The van der Waals surface area contributed by atoms with Gasteiger partial charge in [0.15, 0.2) is 11.6 Å². The van der Waals surface area contributed by atoms with Crippen LogP contribution in [0.15, 0.2) is 64.0 Å². The van der Waals surface area contributed by atoms with E-state index in [1.165, 1.54) is 6.07 Å². The lowest BCUT2D eigenvalue weighted by Gasteiger charge is -2.33. The number of nitrogens with zero attached hydrogens (tertiary/aromatic N) is 3. The second-order valence-electron chi connectivity index (χ2n) is 7.08. The summed E-state index contributed by atoms with van der Waals surface area (Å²) in [7, 11) is -4.08. The van der Waals surface area contributed by atoms with E-state index in [2.05, 4.69) is 14.7 Å². The molecule has 2 aliphatic heterocycles. The zero-order valence-corrected chi connectivity index (χ0v) is 17.6. The maximum Gasteiger partial charge on any atom is 0.287 e. The van der Waals surface area contributed by atoms with E-state index in [1.54, 1.807) is 35.4 Å². The number of benzene rings is 2. The lowest BCUT2D eigenvalue weighted by atomic mass is 10.1. The Morgan fingerprint density at radius 1 is 1.13 bits per heavy atom. The van der Waals surface area contributed by atoms with Gasteiger partial charge in [0, 0.05) is 12.7 Å². The molecule has 0 atom stereocenters. The first-order valence-corrected chi connectivity index (χ1v) is 11.3. The van der Waals surface area contributed by atoms with Crippen LogP contribution >= 0.6 is 11.6 Å². The molecular formula is C21H16ClFN4O3S. The van der Waals surface area contributed by atoms with Gasteiger partial charge >= 0.3 is 0 Å². The van der Waals surface area contributed by atoms with Crippen LogP contribution in [0.25, 0.3) is 0 Å². The topological polar surface area (TPSA) is 83.9 Å². The third-order valence-corrected chi connectivity index (χ3v) is 6.74. The fraction of sp³-hybridized carbons (Fsp3) is 0.143. The average molecular weight is 459 g/mol. The summed E-state index contributed by atoms with van der Waals surface area (Å²) < 4.78 is 50.1. The maximum absolute atomic E-state index is 14.7. The number of halogens is 2. The number of ether oxygens (including phenoxy) is 1. The van der Waals surface area contributed by atoms with Crippen LogP contribution in [0, 0.1) is 5.82 Å². The van der Waals surface area contributed by atoms with Crippen molar-refractivity contribution in [2.24, 2.45) is 4.40 Å². The SMILES string of the molecule is O=S1(=O)N=C(N2CCc3cccnc3C2)Nc2c1ccc(F)c2Oc1ccccc1Cl. The van der Waals surface area contributed by atoms with E-state index in [0.717, 1.165) is 17.3 Å². The van der Waals surface area contributed by atoms with Gasteiger partial charge in [-0.15, -0.1) is 4.40 Å². The molecule has 0 unspecified atom stereocenters. The van der Waals surface area contributed by atoms with E-state index in [-0.39, 0.29) is 33.1 Å². The van der Waals surface area contributed by atoms with Crippen molar-refractivity contribution in [2.75, 3.05) is 11.9 Å².